The average Bonchev–Trinajstić information content (AvgIpc) is 2.71. The van der Waals surface area contributed by atoms with Crippen molar-refractivity contribution in [3.63, 3.8) is 0 Å². The highest BCUT2D eigenvalue weighted by molar-refractivity contribution is 7.89. The van der Waals surface area contributed by atoms with Crippen molar-refractivity contribution in [2.75, 3.05) is 19.0 Å². The van der Waals surface area contributed by atoms with Crippen LogP contribution in [0.2, 0.25) is 5.02 Å². The molecule has 0 fully saturated rings. The predicted octanol–water partition coefficient (Wildman–Crippen LogP) is 5.43. The maximum absolute atomic E-state index is 13.2. The molecule has 2 rings (SSSR count). The van der Waals surface area contributed by atoms with E-state index in [0.29, 0.717) is 6.42 Å². The van der Waals surface area contributed by atoms with Crippen molar-refractivity contribution in [1.82, 2.24) is 4.31 Å². The summed E-state index contributed by atoms with van der Waals surface area (Å²) in [6, 6.07) is 5.98. The lowest BCUT2D eigenvalue weighted by Gasteiger charge is -2.21. The van der Waals surface area contributed by atoms with Crippen LogP contribution in [-0.2, 0) is 16.2 Å². The minimum absolute atomic E-state index is 0.0487. The third-order valence-electron chi connectivity index (χ3n) is 4.60. The first-order valence-electron chi connectivity index (χ1n) is 9.72. The molecule has 0 aliphatic heterocycles. The number of alkyl halides is 3. The SMILES string of the molecule is CCCOc1ccc(C(F)(F)F)cc1NC(=O)c1cc(S(=O)(=O)N(C)C(C)C)ccc1Cl. The van der Waals surface area contributed by atoms with E-state index < -0.39 is 27.7 Å². The first kappa shape index (κ1) is 26.0. The van der Waals surface area contributed by atoms with Crippen molar-refractivity contribution >= 4 is 33.2 Å². The summed E-state index contributed by atoms with van der Waals surface area (Å²) in [6.07, 6.45) is -4.03. The second kappa shape index (κ2) is 10.1. The fraction of sp³-hybridized carbons (Fsp3) is 0.381. The highest BCUT2D eigenvalue weighted by atomic mass is 35.5. The summed E-state index contributed by atoms with van der Waals surface area (Å²) in [6.45, 7) is 5.42. The van der Waals surface area contributed by atoms with Crippen molar-refractivity contribution in [1.29, 1.82) is 0 Å². The van der Waals surface area contributed by atoms with E-state index in [9.17, 15) is 26.4 Å². The Balaban J connectivity index is 2.46. The lowest BCUT2D eigenvalue weighted by molar-refractivity contribution is -0.137. The summed E-state index contributed by atoms with van der Waals surface area (Å²) in [7, 11) is -2.51. The zero-order chi connectivity index (χ0) is 24.3. The van der Waals surface area contributed by atoms with Crippen LogP contribution in [0.25, 0.3) is 0 Å². The summed E-state index contributed by atoms with van der Waals surface area (Å²) >= 11 is 6.10. The Morgan fingerprint density at radius 3 is 2.41 bits per heavy atom. The van der Waals surface area contributed by atoms with Crippen molar-refractivity contribution in [2.24, 2.45) is 0 Å². The molecule has 176 valence electrons. The van der Waals surface area contributed by atoms with Gasteiger partial charge in [-0.05, 0) is 56.7 Å². The zero-order valence-corrected chi connectivity index (χ0v) is 19.5. The van der Waals surface area contributed by atoms with Gasteiger partial charge in [0.25, 0.3) is 5.91 Å². The minimum atomic E-state index is -4.63. The van der Waals surface area contributed by atoms with Gasteiger partial charge in [-0.1, -0.05) is 18.5 Å². The van der Waals surface area contributed by atoms with E-state index in [1.807, 2.05) is 6.92 Å². The molecule has 0 radical (unpaired) electrons. The number of nitrogens with one attached hydrogen (secondary N) is 1. The van der Waals surface area contributed by atoms with E-state index >= 15 is 0 Å². The summed E-state index contributed by atoms with van der Waals surface area (Å²) in [5.41, 5.74) is -1.39. The van der Waals surface area contributed by atoms with Crippen LogP contribution >= 0.6 is 11.6 Å². The van der Waals surface area contributed by atoms with Gasteiger partial charge in [-0.25, -0.2) is 8.42 Å². The molecule has 6 nitrogen and oxygen atoms in total. The van der Waals surface area contributed by atoms with Gasteiger partial charge in [0, 0.05) is 13.1 Å². The van der Waals surface area contributed by atoms with E-state index in [1.165, 1.54) is 19.2 Å². The number of hydrogen-bond acceptors (Lipinski definition) is 4. The van der Waals surface area contributed by atoms with Crippen molar-refractivity contribution in [2.45, 2.75) is 44.3 Å². The number of benzene rings is 2. The van der Waals surface area contributed by atoms with Gasteiger partial charge in [0.15, 0.2) is 0 Å². The van der Waals surface area contributed by atoms with Gasteiger partial charge < -0.3 is 10.1 Å². The number of ether oxygens (including phenoxy) is 1. The molecule has 1 N–H and O–H groups in total. The van der Waals surface area contributed by atoms with Crippen LogP contribution in [0.15, 0.2) is 41.3 Å². The third-order valence-corrected chi connectivity index (χ3v) is 6.96. The van der Waals surface area contributed by atoms with Gasteiger partial charge in [0.05, 0.1) is 33.3 Å². The number of hydrogen-bond donors (Lipinski definition) is 1. The third kappa shape index (κ3) is 5.93. The van der Waals surface area contributed by atoms with Gasteiger partial charge in [-0.3, -0.25) is 4.79 Å². The number of halogens is 4. The molecule has 11 heteroatoms. The molecule has 0 bridgehead atoms. The monoisotopic (exact) mass is 492 g/mol. The first-order valence-corrected chi connectivity index (χ1v) is 11.5. The number of carbonyl (C=O) groups excluding carboxylic acids is 1. The molecular formula is C21H24ClF3N2O4S. The van der Waals surface area contributed by atoms with E-state index in [-0.39, 0.29) is 39.6 Å². The maximum atomic E-state index is 13.2. The summed E-state index contributed by atoms with van der Waals surface area (Å²) < 4.78 is 71.5. The summed E-state index contributed by atoms with van der Waals surface area (Å²) in [5.74, 6) is -0.826. The van der Waals surface area contributed by atoms with E-state index in [1.54, 1.807) is 13.8 Å². The number of nitrogens with zero attached hydrogens (tertiary/aromatic N) is 1. The van der Waals surface area contributed by atoms with Gasteiger partial charge in [-0.15, -0.1) is 0 Å². The number of rotatable bonds is 8. The fourth-order valence-corrected chi connectivity index (χ4v) is 4.21. The topological polar surface area (TPSA) is 75.7 Å². The van der Waals surface area contributed by atoms with E-state index in [0.717, 1.165) is 28.6 Å². The van der Waals surface area contributed by atoms with Gasteiger partial charge in [0.2, 0.25) is 10.0 Å². The van der Waals surface area contributed by atoms with Crippen LogP contribution in [0.5, 0.6) is 5.75 Å². The van der Waals surface area contributed by atoms with E-state index in [4.69, 9.17) is 16.3 Å². The Morgan fingerprint density at radius 2 is 1.84 bits per heavy atom. The van der Waals surface area contributed by atoms with Crippen LogP contribution in [0.4, 0.5) is 18.9 Å². The minimum Gasteiger partial charge on any atom is -0.491 e. The highest BCUT2D eigenvalue weighted by Crippen LogP contribution is 2.35. The second-order valence-corrected chi connectivity index (χ2v) is 9.67. The molecule has 0 saturated carbocycles. The molecule has 1 amide bonds. The Hall–Kier alpha value is -2.30. The fourth-order valence-electron chi connectivity index (χ4n) is 2.61. The Morgan fingerprint density at radius 1 is 1.19 bits per heavy atom. The average molecular weight is 493 g/mol. The molecule has 2 aromatic carbocycles. The lowest BCUT2D eigenvalue weighted by Crippen LogP contribution is -2.33. The molecule has 32 heavy (non-hydrogen) atoms. The molecule has 0 saturated heterocycles. The standard InChI is InChI=1S/C21H24ClF3N2O4S/c1-5-10-31-19-9-6-14(21(23,24)25)11-18(19)26-20(28)16-12-15(7-8-17(16)22)32(29,30)27(4)13(2)3/h6-9,11-13H,5,10H2,1-4H3,(H,26,28). The smallest absolute Gasteiger partial charge is 0.416 e. The second-order valence-electron chi connectivity index (χ2n) is 7.27. The highest BCUT2D eigenvalue weighted by Gasteiger charge is 2.32. The van der Waals surface area contributed by atoms with Crippen molar-refractivity contribution < 1.29 is 31.1 Å². The molecule has 0 aliphatic carbocycles. The normalized spacial score (nSPS) is 12.3. The number of sulfonamides is 1. The molecule has 0 atom stereocenters. The summed E-state index contributed by atoms with van der Waals surface area (Å²) in [5, 5.41) is 2.30. The molecule has 0 heterocycles. The number of carbonyl (C=O) groups is 1. The van der Waals surface area contributed by atoms with Crippen LogP contribution in [0, 0.1) is 0 Å². The first-order chi connectivity index (χ1) is 14.8. The maximum Gasteiger partial charge on any atom is 0.416 e. The lowest BCUT2D eigenvalue weighted by atomic mass is 10.1. The van der Waals surface area contributed by atoms with E-state index in [2.05, 4.69) is 5.32 Å². The summed E-state index contributed by atoms with van der Waals surface area (Å²) in [4.78, 5) is 12.7. The Kier molecular flexibility index (Phi) is 8.19. The molecular weight excluding hydrogens is 469 g/mol. The number of amides is 1. The van der Waals surface area contributed by atoms with Crippen molar-refractivity contribution in [3.8, 4) is 5.75 Å². The van der Waals surface area contributed by atoms with Crippen LogP contribution in [0.1, 0.15) is 43.1 Å². The molecule has 0 aliphatic rings. The quantitative estimate of drug-likeness (QED) is 0.533. The van der Waals surface area contributed by atoms with Crippen LogP contribution in [-0.4, -0.2) is 38.3 Å². The van der Waals surface area contributed by atoms with Crippen molar-refractivity contribution in [3.05, 3.63) is 52.5 Å². The molecule has 2 aromatic rings. The van der Waals surface area contributed by atoms with Gasteiger partial charge in [0.1, 0.15) is 5.75 Å². The van der Waals surface area contributed by atoms with Gasteiger partial charge in [-0.2, -0.15) is 17.5 Å². The van der Waals surface area contributed by atoms with Crippen LogP contribution in [0.3, 0.4) is 0 Å². The van der Waals surface area contributed by atoms with Crippen LogP contribution < -0.4 is 10.1 Å². The molecule has 0 unspecified atom stereocenters. The number of anilines is 1. The molecule has 0 aromatic heterocycles. The Bertz CT molecular complexity index is 1090. The zero-order valence-electron chi connectivity index (χ0n) is 18.0. The largest absolute Gasteiger partial charge is 0.491 e. The van der Waals surface area contributed by atoms with Gasteiger partial charge >= 0.3 is 6.18 Å². The predicted molar refractivity (Wildman–Crippen MR) is 117 cm³/mol. The Labute approximate surface area is 190 Å². The molecule has 0 spiro atoms.